The Kier molecular flexibility index (Phi) is 6.50. The highest BCUT2D eigenvalue weighted by molar-refractivity contribution is 7.89. The quantitative estimate of drug-likeness (QED) is 0.572. The molecule has 8 heteroatoms. The zero-order chi connectivity index (χ0) is 19.3. The summed E-state index contributed by atoms with van der Waals surface area (Å²) in [4.78, 5) is 2.41. The van der Waals surface area contributed by atoms with Gasteiger partial charge in [-0.1, -0.05) is 23.7 Å². The molecule has 2 aromatic carbocycles. The molecule has 0 aliphatic rings. The average Bonchev–Trinajstić information content (AvgIpc) is 2.59. The topological polar surface area (TPSA) is 77.0 Å². The molecule has 0 radical (unpaired) electrons. The highest BCUT2D eigenvalue weighted by Crippen LogP contribution is 2.36. The number of benzene rings is 2. The summed E-state index contributed by atoms with van der Waals surface area (Å²) in [6.07, 6.45) is 1.35. The van der Waals surface area contributed by atoms with Gasteiger partial charge >= 0.3 is 0 Å². The molecule has 0 atom stereocenters. The molecule has 0 spiro atoms. The Morgan fingerprint density at radius 1 is 1.23 bits per heavy atom. The molecule has 0 bridgehead atoms. The summed E-state index contributed by atoms with van der Waals surface area (Å²) in [5.74, 6) is 0.878. The molecule has 26 heavy (non-hydrogen) atoms. The smallest absolute Gasteiger partial charge is 0.276 e. The molecule has 0 heterocycles. The third-order valence-electron chi connectivity index (χ3n) is 3.56. The van der Waals surface area contributed by atoms with Crippen LogP contribution >= 0.6 is 11.6 Å². The molecule has 2 aromatic rings. The summed E-state index contributed by atoms with van der Waals surface area (Å²) in [5, 5.41) is 4.19. The maximum absolute atomic E-state index is 12.4. The Morgan fingerprint density at radius 2 is 1.96 bits per heavy atom. The van der Waals surface area contributed by atoms with E-state index in [4.69, 9.17) is 21.1 Å². The van der Waals surface area contributed by atoms with Crippen molar-refractivity contribution in [1.82, 2.24) is 4.83 Å². The average molecular weight is 397 g/mol. The van der Waals surface area contributed by atoms with E-state index in [1.54, 1.807) is 31.2 Å². The number of hydrazone groups is 1. The predicted molar refractivity (Wildman–Crippen MR) is 103 cm³/mol. The Bertz CT molecular complexity index is 927. The van der Waals surface area contributed by atoms with Crippen LogP contribution in [0.15, 0.2) is 40.3 Å². The molecule has 140 valence electrons. The number of aryl methyl sites for hydroxylation is 2. The number of sulfonamides is 1. The summed E-state index contributed by atoms with van der Waals surface area (Å²) in [5.41, 5.74) is 2.06. The lowest BCUT2D eigenvalue weighted by Gasteiger charge is -2.12. The summed E-state index contributed by atoms with van der Waals surface area (Å²) >= 11 is 6.19. The summed E-state index contributed by atoms with van der Waals surface area (Å²) in [7, 11) is -2.26. The van der Waals surface area contributed by atoms with Crippen molar-refractivity contribution in [2.24, 2.45) is 5.10 Å². The summed E-state index contributed by atoms with van der Waals surface area (Å²) in [6.45, 7) is 5.84. The van der Waals surface area contributed by atoms with Crippen LogP contribution < -0.4 is 14.3 Å². The van der Waals surface area contributed by atoms with Crippen LogP contribution in [0.25, 0.3) is 0 Å². The molecule has 1 N–H and O–H groups in total. The zero-order valence-electron chi connectivity index (χ0n) is 15.0. The highest BCUT2D eigenvalue weighted by atomic mass is 35.5. The second-order valence-electron chi connectivity index (χ2n) is 5.59. The Morgan fingerprint density at radius 3 is 2.62 bits per heavy atom. The SMILES string of the molecule is CCOc1c(Cl)cc(/C=N\NS(=O)(=O)c2cc(C)ccc2C)cc1OC. The van der Waals surface area contributed by atoms with E-state index in [0.717, 1.165) is 5.56 Å². The van der Waals surface area contributed by atoms with E-state index in [9.17, 15) is 8.42 Å². The van der Waals surface area contributed by atoms with Gasteiger partial charge in [-0.15, -0.1) is 0 Å². The fourth-order valence-electron chi connectivity index (χ4n) is 2.31. The molecule has 2 rings (SSSR count). The maximum atomic E-state index is 12.4. The largest absolute Gasteiger partial charge is 0.493 e. The third-order valence-corrected chi connectivity index (χ3v) is 5.21. The number of rotatable bonds is 7. The van der Waals surface area contributed by atoms with Gasteiger partial charge in [0.1, 0.15) is 0 Å². The molecule has 0 saturated carbocycles. The number of ether oxygens (including phenoxy) is 2. The van der Waals surface area contributed by atoms with E-state index in [-0.39, 0.29) is 4.90 Å². The van der Waals surface area contributed by atoms with E-state index < -0.39 is 10.0 Å². The summed E-state index contributed by atoms with van der Waals surface area (Å²) in [6, 6.07) is 8.48. The zero-order valence-corrected chi connectivity index (χ0v) is 16.6. The van der Waals surface area contributed by atoms with Gasteiger partial charge in [0, 0.05) is 0 Å². The number of nitrogens with zero attached hydrogens (tertiary/aromatic N) is 1. The van der Waals surface area contributed by atoms with Crippen molar-refractivity contribution in [3.05, 3.63) is 52.0 Å². The van der Waals surface area contributed by atoms with Crippen molar-refractivity contribution in [1.29, 1.82) is 0 Å². The van der Waals surface area contributed by atoms with Gasteiger partial charge in [0.25, 0.3) is 10.0 Å². The predicted octanol–water partition coefficient (Wildman–Crippen LogP) is 3.68. The molecule has 6 nitrogen and oxygen atoms in total. The highest BCUT2D eigenvalue weighted by Gasteiger charge is 2.16. The number of methoxy groups -OCH3 is 1. The maximum Gasteiger partial charge on any atom is 0.276 e. The Labute approximate surface area is 158 Å². The molecule has 0 saturated heterocycles. The minimum Gasteiger partial charge on any atom is -0.493 e. The van der Waals surface area contributed by atoms with Gasteiger partial charge in [-0.2, -0.15) is 13.5 Å². The molecule has 0 fully saturated rings. The Balaban J connectivity index is 2.25. The minimum atomic E-state index is -3.76. The minimum absolute atomic E-state index is 0.192. The molecular formula is C18H21ClN2O4S. The van der Waals surface area contributed by atoms with Crippen LogP contribution in [0.4, 0.5) is 0 Å². The van der Waals surface area contributed by atoms with Crippen molar-refractivity contribution in [2.45, 2.75) is 25.7 Å². The third kappa shape index (κ3) is 4.68. The van der Waals surface area contributed by atoms with Crippen molar-refractivity contribution < 1.29 is 17.9 Å². The molecule has 0 aliphatic heterocycles. The van der Waals surface area contributed by atoms with Crippen molar-refractivity contribution in [3.63, 3.8) is 0 Å². The van der Waals surface area contributed by atoms with Crippen LogP contribution in [0.3, 0.4) is 0 Å². The van der Waals surface area contributed by atoms with Crippen LogP contribution in [-0.2, 0) is 10.0 Å². The van der Waals surface area contributed by atoms with E-state index in [1.807, 2.05) is 19.9 Å². The molecular weight excluding hydrogens is 376 g/mol. The van der Waals surface area contributed by atoms with Crippen molar-refractivity contribution >= 4 is 27.8 Å². The lowest BCUT2D eigenvalue weighted by atomic mass is 10.2. The van der Waals surface area contributed by atoms with Crippen LogP contribution in [0.2, 0.25) is 5.02 Å². The van der Waals surface area contributed by atoms with Gasteiger partial charge in [0.05, 0.1) is 29.8 Å². The van der Waals surface area contributed by atoms with Gasteiger partial charge in [-0.3, -0.25) is 0 Å². The fraction of sp³-hybridized carbons (Fsp3) is 0.278. The van der Waals surface area contributed by atoms with E-state index in [2.05, 4.69) is 9.93 Å². The van der Waals surface area contributed by atoms with Gasteiger partial charge in [0.15, 0.2) is 11.5 Å². The number of nitrogens with one attached hydrogen (secondary N) is 1. The Hall–Kier alpha value is -2.25. The normalized spacial score (nSPS) is 11.6. The first-order chi connectivity index (χ1) is 12.3. The molecule has 0 amide bonds. The van der Waals surface area contributed by atoms with Gasteiger partial charge in [-0.05, 0) is 55.7 Å². The first kappa shape index (κ1) is 20.1. The van der Waals surface area contributed by atoms with Crippen LogP contribution in [0.5, 0.6) is 11.5 Å². The van der Waals surface area contributed by atoms with Crippen LogP contribution in [0.1, 0.15) is 23.6 Å². The van der Waals surface area contributed by atoms with E-state index in [0.29, 0.717) is 34.3 Å². The molecule has 0 aromatic heterocycles. The second-order valence-corrected chi connectivity index (χ2v) is 7.63. The van der Waals surface area contributed by atoms with E-state index >= 15 is 0 Å². The van der Waals surface area contributed by atoms with Gasteiger partial charge in [0.2, 0.25) is 0 Å². The van der Waals surface area contributed by atoms with Crippen molar-refractivity contribution in [3.8, 4) is 11.5 Å². The lowest BCUT2D eigenvalue weighted by molar-refractivity contribution is 0.311. The molecule has 0 aliphatic carbocycles. The summed E-state index contributed by atoms with van der Waals surface area (Å²) < 4.78 is 35.6. The van der Waals surface area contributed by atoms with E-state index in [1.165, 1.54) is 13.3 Å². The van der Waals surface area contributed by atoms with Crippen LogP contribution in [-0.4, -0.2) is 28.3 Å². The standard InChI is InChI=1S/C18H21ClN2O4S/c1-5-25-18-15(19)9-14(10-16(18)24-4)11-20-21-26(22,23)17-8-12(2)6-7-13(17)3/h6-11,21H,5H2,1-4H3/b20-11-. The number of hydrogen-bond acceptors (Lipinski definition) is 5. The first-order valence-electron chi connectivity index (χ1n) is 7.91. The monoisotopic (exact) mass is 396 g/mol. The second kappa shape index (κ2) is 8.42. The lowest BCUT2D eigenvalue weighted by Crippen LogP contribution is -2.19. The van der Waals surface area contributed by atoms with Crippen molar-refractivity contribution in [2.75, 3.05) is 13.7 Å². The van der Waals surface area contributed by atoms with Crippen LogP contribution in [0, 0.1) is 13.8 Å². The fourth-order valence-corrected chi connectivity index (χ4v) is 3.71. The van der Waals surface area contributed by atoms with Gasteiger partial charge < -0.3 is 9.47 Å². The number of hydrogen-bond donors (Lipinski definition) is 1. The molecule has 0 unspecified atom stereocenters. The van der Waals surface area contributed by atoms with Gasteiger partial charge in [-0.25, -0.2) is 4.83 Å². The number of halogens is 1. The first-order valence-corrected chi connectivity index (χ1v) is 9.77.